The molecule has 0 aromatic heterocycles. The Bertz CT molecular complexity index is 2850. The van der Waals surface area contributed by atoms with Gasteiger partial charge in [-0.25, -0.2) is 0 Å². The van der Waals surface area contributed by atoms with Crippen LogP contribution in [0.4, 0.5) is 17.1 Å². The fourth-order valence-electron chi connectivity index (χ4n) is 6.77. The third-order valence-electron chi connectivity index (χ3n) is 10.8. The largest absolute Gasteiger partial charge is 0.394 e. The lowest BCUT2D eigenvalue weighted by Crippen LogP contribution is -2.48. The van der Waals surface area contributed by atoms with Gasteiger partial charge in [-0.3, -0.25) is 43.2 Å². The van der Waals surface area contributed by atoms with Crippen LogP contribution in [0, 0.1) is 32.1 Å². The SMILES string of the molecule is O=C(CO)Nc1c(I)c(C(=O)NCC(O)CO)c(I)c(C(=O)NCC(O)CN(CC(O)CNC(=O)c2c(I)c(NC(=O)CO)c(I)c(C(=O)NCC(O)CO)c2I)C(=O)c2c(I)c(NC(=O)CO)c(I)c(C(=O)NCC(O)CO)c2I)c1I. The second-order valence-corrected chi connectivity index (χ2v) is 26.6. The number of anilines is 3. The molecule has 0 saturated carbocycles. The summed E-state index contributed by atoms with van der Waals surface area (Å²) < 4.78 is 0.322. The van der Waals surface area contributed by atoms with Crippen LogP contribution >= 0.6 is 203 Å². The molecule has 0 saturated heterocycles. The molecule has 0 radical (unpaired) electrons. The molecule has 9 amide bonds. The van der Waals surface area contributed by atoms with Crippen LogP contribution in [0.15, 0.2) is 0 Å². The van der Waals surface area contributed by atoms with Gasteiger partial charge in [0.25, 0.3) is 35.4 Å². The van der Waals surface area contributed by atoms with Crippen molar-refractivity contribution in [3.63, 3.8) is 0 Å². The van der Waals surface area contributed by atoms with Gasteiger partial charge in [-0.2, -0.15) is 0 Å². The summed E-state index contributed by atoms with van der Waals surface area (Å²) in [5.74, 6) is -8.35. The van der Waals surface area contributed by atoms with Crippen LogP contribution in [0.25, 0.3) is 0 Å². The summed E-state index contributed by atoms with van der Waals surface area (Å²) in [6.07, 6.45) is -7.66. The van der Waals surface area contributed by atoms with Crippen molar-refractivity contribution in [1.82, 2.24) is 31.5 Å². The van der Waals surface area contributed by atoms with Gasteiger partial charge >= 0.3 is 0 Å². The lowest BCUT2D eigenvalue weighted by atomic mass is 10.1. The number of aliphatic hydroxyl groups is 11. The van der Waals surface area contributed by atoms with Gasteiger partial charge in [0.2, 0.25) is 17.7 Å². The minimum Gasteiger partial charge on any atom is -0.394 e. The first-order chi connectivity index (χ1) is 39.0. The van der Waals surface area contributed by atoms with Crippen molar-refractivity contribution >= 4 is 274 Å². The van der Waals surface area contributed by atoms with E-state index >= 15 is 4.79 Å². The molecule has 5 unspecified atom stereocenters. The Balaban J connectivity index is 2.21. The second-order valence-electron chi connectivity index (χ2n) is 16.9. The first kappa shape index (κ1) is 76.3. The average Bonchev–Trinajstić information content (AvgIpc) is 3.14. The third-order valence-corrected chi connectivity index (χ3v) is 20.5. The van der Waals surface area contributed by atoms with Crippen molar-refractivity contribution in [2.45, 2.75) is 30.5 Å². The molecule has 5 atom stereocenters. The van der Waals surface area contributed by atoms with E-state index in [4.69, 9.17) is 0 Å². The zero-order chi connectivity index (χ0) is 62.9. The lowest BCUT2D eigenvalue weighted by Gasteiger charge is -2.30. The number of hydrogen-bond acceptors (Lipinski definition) is 20. The fraction of sp³-hybridized carbons (Fsp3) is 0.400. The van der Waals surface area contributed by atoms with Gasteiger partial charge in [0.15, 0.2) is 0 Å². The highest BCUT2D eigenvalue weighted by molar-refractivity contribution is 14.1. The van der Waals surface area contributed by atoms with Crippen molar-refractivity contribution in [2.75, 3.05) is 101 Å². The monoisotopic (exact) mass is 2180 g/mol. The van der Waals surface area contributed by atoms with Crippen molar-refractivity contribution < 1.29 is 99.3 Å². The molecule has 29 nitrogen and oxygen atoms in total. The number of nitrogens with one attached hydrogen (secondary N) is 8. The van der Waals surface area contributed by atoms with Crippen LogP contribution in [-0.4, -0.2) is 230 Å². The number of carbonyl (C=O) groups is 9. The normalized spacial score (nSPS) is 12.9. The van der Waals surface area contributed by atoms with Gasteiger partial charge in [-0.05, 0) is 203 Å². The number of aliphatic hydroxyl groups excluding tert-OH is 11. The maximum atomic E-state index is 15.2. The minimum absolute atomic E-state index is 0.0131. The van der Waals surface area contributed by atoms with E-state index in [1.807, 2.05) is 0 Å². The number of halogens is 9. The van der Waals surface area contributed by atoms with E-state index in [1.165, 1.54) is 0 Å². The number of nitrogens with zero attached hydrogens (tertiary/aromatic N) is 1. The molecule has 0 aliphatic heterocycles. The Morgan fingerprint density at radius 1 is 0.325 bits per heavy atom. The van der Waals surface area contributed by atoms with E-state index in [-0.39, 0.29) is 82.6 Å². The quantitative estimate of drug-likeness (QED) is 0.0341. The number of benzene rings is 3. The minimum atomic E-state index is -1.76. The number of hydrogen-bond donors (Lipinski definition) is 19. The summed E-state index contributed by atoms with van der Waals surface area (Å²) in [7, 11) is 0. The summed E-state index contributed by atoms with van der Waals surface area (Å²) in [5.41, 5.74) is -1.62. The molecule has 458 valence electrons. The standard InChI is InChI=1S/C45H50I9N9O20/c46-28-22(31(49)37(60-19(75)11-67)33(51)24(28)42(80)57-3-16(72)8-64)40(78)55-1-14(70)6-63(45(83)27-30(48)26(44(82)59-5-18(74)10-66)35(53)39(36(27)54)62-21(77)13-69)7-15(71)2-56-41(79)23-29(47)25(43(81)58-4-17(73)9-65)34(52)38(32(23)50)61-20(76)12-68/h14-18,64-74H,1-13H2,(H,55,78)(H,56,79)(H,57,80)(H,58,81)(H,59,82)(H,60,75)(H,61,76)(H,62,77). The predicted octanol–water partition coefficient (Wildman–Crippen LogP) is -1.81. The summed E-state index contributed by atoms with van der Waals surface area (Å²) in [4.78, 5) is 123. The Labute approximate surface area is 593 Å². The smallest absolute Gasteiger partial charge is 0.256 e. The van der Waals surface area contributed by atoms with Crippen LogP contribution in [-0.2, 0) is 14.4 Å². The van der Waals surface area contributed by atoms with Gasteiger partial charge in [0.1, 0.15) is 19.8 Å². The topological polar surface area (TPSA) is 476 Å². The van der Waals surface area contributed by atoms with Crippen LogP contribution in [0.2, 0.25) is 0 Å². The molecular formula is C45H50I9N9O20. The number of amides is 9. The summed E-state index contributed by atoms with van der Waals surface area (Å²) in [6.45, 7) is -9.40. The van der Waals surface area contributed by atoms with Gasteiger partial charge in [0.05, 0.1) is 122 Å². The van der Waals surface area contributed by atoms with Crippen LogP contribution in [0.1, 0.15) is 62.1 Å². The predicted molar refractivity (Wildman–Crippen MR) is 370 cm³/mol. The zero-order valence-corrected chi connectivity index (χ0v) is 61.4. The molecular weight excluding hydrogens is 2130 g/mol. The molecule has 0 heterocycles. The molecule has 38 heteroatoms. The van der Waals surface area contributed by atoms with E-state index in [1.54, 1.807) is 203 Å². The Hall–Kier alpha value is -0.980. The van der Waals surface area contributed by atoms with Gasteiger partial charge in [-0.15, -0.1) is 0 Å². The number of rotatable bonds is 29. The molecule has 0 bridgehead atoms. The van der Waals surface area contributed by atoms with Gasteiger partial charge in [0, 0.05) is 56.5 Å². The highest BCUT2D eigenvalue weighted by atomic mass is 127. The van der Waals surface area contributed by atoms with E-state index in [0.29, 0.717) is 0 Å². The molecule has 0 fully saturated rings. The van der Waals surface area contributed by atoms with E-state index in [0.717, 1.165) is 4.90 Å². The second kappa shape index (κ2) is 36.6. The summed E-state index contributed by atoms with van der Waals surface area (Å²) >= 11 is 15.4. The van der Waals surface area contributed by atoms with E-state index < -0.39 is 169 Å². The van der Waals surface area contributed by atoms with Crippen LogP contribution in [0.5, 0.6) is 0 Å². The molecule has 3 aromatic rings. The highest BCUT2D eigenvalue weighted by Gasteiger charge is 2.35. The molecule has 83 heavy (non-hydrogen) atoms. The maximum absolute atomic E-state index is 15.2. The molecule has 3 aromatic carbocycles. The Kier molecular flexibility index (Phi) is 33.7. The Morgan fingerprint density at radius 3 is 0.747 bits per heavy atom. The molecule has 3 rings (SSSR count). The zero-order valence-electron chi connectivity index (χ0n) is 42.0. The Morgan fingerprint density at radius 2 is 0.530 bits per heavy atom. The van der Waals surface area contributed by atoms with Gasteiger partial charge < -0.3 is 104 Å². The molecule has 0 aliphatic carbocycles. The van der Waals surface area contributed by atoms with Crippen LogP contribution < -0.4 is 42.5 Å². The lowest BCUT2D eigenvalue weighted by molar-refractivity contribution is -0.119. The first-order valence-corrected chi connectivity index (χ1v) is 33.0. The number of carbonyl (C=O) groups excluding carboxylic acids is 9. The van der Waals surface area contributed by atoms with Crippen molar-refractivity contribution in [3.8, 4) is 0 Å². The maximum Gasteiger partial charge on any atom is 0.256 e. The average molecular weight is 2180 g/mol. The van der Waals surface area contributed by atoms with E-state index in [9.17, 15) is 94.5 Å². The van der Waals surface area contributed by atoms with Gasteiger partial charge in [-0.1, -0.05) is 0 Å². The van der Waals surface area contributed by atoms with E-state index in [2.05, 4.69) is 42.5 Å². The highest BCUT2D eigenvalue weighted by Crippen LogP contribution is 2.39. The first-order valence-electron chi connectivity index (χ1n) is 23.2. The fourth-order valence-corrected chi connectivity index (χ4v) is 20.0. The van der Waals surface area contributed by atoms with Crippen molar-refractivity contribution in [3.05, 3.63) is 65.5 Å². The molecule has 0 spiro atoms. The summed E-state index contributed by atoms with van der Waals surface area (Å²) in [5, 5.41) is 130. The third kappa shape index (κ3) is 20.8. The summed E-state index contributed by atoms with van der Waals surface area (Å²) in [6, 6.07) is 0. The molecule has 0 aliphatic rings. The van der Waals surface area contributed by atoms with Crippen LogP contribution in [0.3, 0.4) is 0 Å². The van der Waals surface area contributed by atoms with Crippen molar-refractivity contribution in [1.29, 1.82) is 0 Å². The van der Waals surface area contributed by atoms with Crippen molar-refractivity contribution in [2.24, 2.45) is 0 Å². The molecule has 19 N–H and O–H groups in total.